The second-order valence-corrected chi connectivity index (χ2v) is 6.85. The van der Waals surface area contributed by atoms with E-state index in [1.165, 1.54) is 42.8 Å². The van der Waals surface area contributed by atoms with E-state index in [1.807, 2.05) is 0 Å². The zero-order valence-electron chi connectivity index (χ0n) is 8.69. The standard InChI is InChI=1S/C12H13.2ClH.Hf/c1-2-5-10-8-9-11-6-3-4-7-12(10)11;;;/h3-4,6-9H,2,5H2,1H3;2*1H;. The van der Waals surface area contributed by atoms with E-state index in [9.17, 15) is 0 Å². The van der Waals surface area contributed by atoms with Crippen molar-refractivity contribution < 1.29 is 24.4 Å². The number of allylic oxidation sites excluding steroid dienone is 1. The van der Waals surface area contributed by atoms with Crippen LogP contribution in [0.25, 0.3) is 6.08 Å². The smallest absolute Gasteiger partial charge is 0.147 e. The molecule has 0 bridgehead atoms. The number of fused-ring (bicyclic) bond motifs is 1. The average Bonchev–Trinajstić information content (AvgIpc) is 2.46. The third-order valence-electron chi connectivity index (χ3n) is 2.63. The molecule has 0 saturated carbocycles. The zero-order valence-corrected chi connectivity index (χ0v) is 13.9. The quantitative estimate of drug-likeness (QED) is 0.647. The first kappa shape index (κ1) is 15.4. The number of hydrogen-bond donors (Lipinski definition) is 0. The fraction of sp³-hybridized carbons (Fsp3) is 0.333. The van der Waals surface area contributed by atoms with E-state index in [0.717, 1.165) is 0 Å². The molecule has 1 aliphatic rings. The Morgan fingerprint density at radius 2 is 1.87 bits per heavy atom. The van der Waals surface area contributed by atoms with E-state index in [0.29, 0.717) is 3.17 Å². The molecule has 0 aromatic heterocycles. The molecule has 3 heteroatoms. The summed E-state index contributed by atoms with van der Waals surface area (Å²) in [6.45, 7) is 2.27. The summed E-state index contributed by atoms with van der Waals surface area (Å²) in [6, 6.07) is 8.80. The van der Waals surface area contributed by atoms with Crippen LogP contribution in [-0.4, -0.2) is 0 Å². The van der Waals surface area contributed by atoms with E-state index < -0.39 is 0 Å². The van der Waals surface area contributed by atoms with E-state index in [4.69, 9.17) is 0 Å². The van der Waals surface area contributed by atoms with Crippen LogP contribution in [0.3, 0.4) is 0 Å². The van der Waals surface area contributed by atoms with E-state index in [1.54, 1.807) is 5.56 Å². The van der Waals surface area contributed by atoms with Gasteiger partial charge in [-0.05, 0) is 0 Å². The summed E-state index contributed by atoms with van der Waals surface area (Å²) in [5.74, 6) is 0. The van der Waals surface area contributed by atoms with Crippen LogP contribution in [0.4, 0.5) is 0 Å². The summed E-state index contributed by atoms with van der Waals surface area (Å²) in [4.78, 5) is 0. The van der Waals surface area contributed by atoms with Gasteiger partial charge in [-0.3, -0.25) is 0 Å². The fourth-order valence-electron chi connectivity index (χ4n) is 1.98. The van der Waals surface area contributed by atoms with Crippen LogP contribution in [0.5, 0.6) is 0 Å². The monoisotopic (exact) mass is 409 g/mol. The number of rotatable bonds is 2. The minimum Gasteiger partial charge on any atom is -0.147 e. The Morgan fingerprint density at radius 3 is 2.53 bits per heavy atom. The van der Waals surface area contributed by atoms with Gasteiger partial charge in [0.1, 0.15) is 0 Å². The number of hydrogen-bond acceptors (Lipinski definition) is 0. The molecule has 0 heterocycles. The van der Waals surface area contributed by atoms with Gasteiger partial charge < -0.3 is 0 Å². The summed E-state index contributed by atoms with van der Waals surface area (Å²) in [7, 11) is 0. The number of benzene rings is 1. The van der Waals surface area contributed by atoms with Crippen molar-refractivity contribution in [1.82, 2.24) is 0 Å². The van der Waals surface area contributed by atoms with Gasteiger partial charge in [0.2, 0.25) is 0 Å². The van der Waals surface area contributed by atoms with Gasteiger partial charge >= 0.3 is 94.9 Å². The Balaban J connectivity index is 0.000000980. The molecule has 1 aliphatic carbocycles. The Hall–Kier alpha value is 0.410. The molecule has 81 valence electrons. The van der Waals surface area contributed by atoms with Gasteiger partial charge in [-0.1, -0.05) is 0 Å². The third-order valence-corrected chi connectivity index (χ3v) is 5.10. The van der Waals surface area contributed by atoms with Crippen molar-refractivity contribution in [3.8, 4) is 0 Å². The molecule has 0 amide bonds. The Labute approximate surface area is 119 Å². The summed E-state index contributed by atoms with van der Waals surface area (Å²) in [5, 5.41) is 0. The van der Waals surface area contributed by atoms with Gasteiger partial charge in [0, 0.05) is 0 Å². The van der Waals surface area contributed by atoms with Gasteiger partial charge in [0.25, 0.3) is 0 Å². The fourth-order valence-corrected chi connectivity index (χ4v) is 4.00. The molecular weight excluding hydrogens is 394 g/mol. The molecule has 0 nitrogen and oxygen atoms in total. The van der Waals surface area contributed by atoms with E-state index in [2.05, 4.69) is 43.3 Å². The predicted molar refractivity (Wildman–Crippen MR) is 66.6 cm³/mol. The first-order chi connectivity index (χ1) is 6.26. The summed E-state index contributed by atoms with van der Waals surface area (Å²) < 4.78 is 0.436. The maximum atomic E-state index is 2.41. The molecule has 15 heavy (non-hydrogen) atoms. The van der Waals surface area contributed by atoms with Gasteiger partial charge in [-0.2, -0.15) is 0 Å². The average molecular weight is 409 g/mol. The van der Waals surface area contributed by atoms with Crippen LogP contribution >= 0.6 is 24.8 Å². The van der Waals surface area contributed by atoms with Crippen molar-refractivity contribution in [3.05, 3.63) is 41.5 Å². The van der Waals surface area contributed by atoms with Gasteiger partial charge in [-0.25, -0.2) is 0 Å². The van der Waals surface area contributed by atoms with Crippen LogP contribution < -0.4 is 0 Å². The molecule has 1 aromatic rings. The molecular formula is C12H15Cl2Hf. The second-order valence-electron chi connectivity index (χ2n) is 3.64. The normalized spacial score (nSPS) is 21.3. The SMILES string of the molecule is CCC[C]1([Hf])C=Cc2ccccc21.Cl.Cl. The molecule has 0 fully saturated rings. The van der Waals surface area contributed by atoms with Crippen LogP contribution in [0.1, 0.15) is 30.9 Å². The van der Waals surface area contributed by atoms with Crippen LogP contribution in [0, 0.1) is 0 Å². The molecule has 0 saturated heterocycles. The Morgan fingerprint density at radius 1 is 1.20 bits per heavy atom. The molecule has 1 aromatic carbocycles. The Kier molecular flexibility index (Phi) is 6.39. The minimum atomic E-state index is 0. The topological polar surface area (TPSA) is 0 Å². The molecule has 1 atom stereocenters. The maximum absolute atomic E-state index is 2.41. The van der Waals surface area contributed by atoms with Crippen LogP contribution in [-0.2, 0) is 27.5 Å². The van der Waals surface area contributed by atoms with Crippen LogP contribution in [0.2, 0.25) is 0 Å². The molecule has 0 N–H and O–H groups in total. The van der Waals surface area contributed by atoms with Crippen LogP contribution in [0.15, 0.2) is 30.3 Å². The number of halogens is 2. The maximum Gasteiger partial charge on any atom is -0.147 e. The predicted octanol–water partition coefficient (Wildman–Crippen LogP) is 4.10. The summed E-state index contributed by atoms with van der Waals surface area (Å²) in [6.07, 6.45) is 7.29. The first-order valence-corrected chi connectivity index (χ1v) is 6.60. The molecule has 1 unspecified atom stereocenters. The third kappa shape index (κ3) is 2.95. The summed E-state index contributed by atoms with van der Waals surface area (Å²) >= 11 is 1.23. The minimum absolute atomic E-state index is 0. The molecule has 0 aliphatic heterocycles. The first-order valence-electron chi connectivity index (χ1n) is 4.80. The summed E-state index contributed by atoms with van der Waals surface area (Å²) in [5.41, 5.74) is 2.99. The van der Waals surface area contributed by atoms with E-state index in [-0.39, 0.29) is 24.8 Å². The van der Waals surface area contributed by atoms with Crippen molar-refractivity contribution in [2.75, 3.05) is 0 Å². The largest absolute Gasteiger partial charge is 0.147 e. The van der Waals surface area contributed by atoms with Crippen molar-refractivity contribution in [2.24, 2.45) is 0 Å². The molecule has 2 rings (SSSR count). The van der Waals surface area contributed by atoms with E-state index >= 15 is 0 Å². The second kappa shape index (κ2) is 6.22. The van der Waals surface area contributed by atoms with Crippen molar-refractivity contribution in [3.63, 3.8) is 0 Å². The molecule has 0 radical (unpaired) electrons. The van der Waals surface area contributed by atoms with Crippen molar-refractivity contribution in [2.45, 2.75) is 22.9 Å². The van der Waals surface area contributed by atoms with Gasteiger partial charge in [0.15, 0.2) is 0 Å². The van der Waals surface area contributed by atoms with Gasteiger partial charge in [0.05, 0.1) is 0 Å². The zero-order chi connectivity index (χ0) is 9.31. The Bertz CT molecular complexity index is 349. The van der Waals surface area contributed by atoms with Crippen molar-refractivity contribution in [1.29, 1.82) is 0 Å². The molecule has 0 spiro atoms. The van der Waals surface area contributed by atoms with Gasteiger partial charge in [-0.15, -0.1) is 24.8 Å². The van der Waals surface area contributed by atoms with Crippen molar-refractivity contribution >= 4 is 30.9 Å².